The van der Waals surface area contributed by atoms with Gasteiger partial charge < -0.3 is 10.1 Å². The zero-order chi connectivity index (χ0) is 11.9. The zero-order valence-electron chi connectivity index (χ0n) is 9.89. The lowest BCUT2D eigenvalue weighted by molar-refractivity contribution is 0.305. The van der Waals surface area contributed by atoms with E-state index in [9.17, 15) is 0 Å². The minimum atomic E-state index is 0.568. The molecule has 1 heterocycles. The van der Waals surface area contributed by atoms with Crippen LogP contribution in [0.25, 0.3) is 0 Å². The van der Waals surface area contributed by atoms with Gasteiger partial charge in [0.2, 0.25) is 0 Å². The highest BCUT2D eigenvalue weighted by Crippen LogP contribution is 2.16. The molecule has 17 heavy (non-hydrogen) atoms. The first-order valence-electron chi connectivity index (χ1n) is 5.74. The highest BCUT2D eigenvalue weighted by Gasteiger charge is 1.97. The Hall–Kier alpha value is -2.03. The molecule has 0 spiro atoms. The molecule has 1 aromatic heterocycles. The second-order valence-electron chi connectivity index (χ2n) is 3.71. The predicted octanol–water partition coefficient (Wildman–Crippen LogP) is 3.09. The molecule has 1 aromatic carbocycles. The molecule has 1 N–H and O–H groups in total. The van der Waals surface area contributed by atoms with Crippen molar-refractivity contribution in [1.82, 2.24) is 4.98 Å². The summed E-state index contributed by atoms with van der Waals surface area (Å²) in [5, 5.41) is 3.20. The van der Waals surface area contributed by atoms with Crippen LogP contribution in [0.3, 0.4) is 0 Å². The van der Waals surface area contributed by atoms with Crippen LogP contribution in [0.4, 0.5) is 5.69 Å². The molecule has 0 saturated carbocycles. The highest BCUT2D eigenvalue weighted by molar-refractivity contribution is 5.44. The quantitative estimate of drug-likeness (QED) is 0.853. The Balaban J connectivity index is 1.97. The van der Waals surface area contributed by atoms with Crippen LogP contribution in [-0.2, 0) is 6.61 Å². The summed E-state index contributed by atoms with van der Waals surface area (Å²) in [5.41, 5.74) is 2.14. The van der Waals surface area contributed by atoms with Gasteiger partial charge in [0.25, 0.3) is 0 Å². The second-order valence-corrected chi connectivity index (χ2v) is 3.71. The minimum absolute atomic E-state index is 0.568. The van der Waals surface area contributed by atoms with Crippen molar-refractivity contribution >= 4 is 5.69 Å². The number of nitrogens with one attached hydrogen (secondary N) is 1. The fraction of sp³-hybridized carbons (Fsp3) is 0.214. The highest BCUT2D eigenvalue weighted by atomic mass is 16.5. The maximum atomic E-state index is 5.68. The summed E-state index contributed by atoms with van der Waals surface area (Å²) in [4.78, 5) is 4.13. The van der Waals surface area contributed by atoms with Crippen molar-refractivity contribution in [3.63, 3.8) is 0 Å². The molecule has 0 unspecified atom stereocenters. The molecule has 0 amide bonds. The van der Waals surface area contributed by atoms with E-state index in [1.54, 1.807) is 12.4 Å². The Kier molecular flexibility index (Phi) is 3.97. The third-order valence-electron chi connectivity index (χ3n) is 2.34. The summed E-state index contributed by atoms with van der Waals surface area (Å²) in [7, 11) is 0. The first-order valence-corrected chi connectivity index (χ1v) is 5.74. The normalized spacial score (nSPS) is 9.94. The number of hydrogen-bond acceptors (Lipinski definition) is 3. The summed E-state index contributed by atoms with van der Waals surface area (Å²) in [5.74, 6) is 0.785. The van der Waals surface area contributed by atoms with Crippen LogP contribution in [0.2, 0.25) is 0 Å². The van der Waals surface area contributed by atoms with Crippen molar-refractivity contribution in [1.29, 1.82) is 0 Å². The van der Waals surface area contributed by atoms with Gasteiger partial charge in [-0.3, -0.25) is 4.98 Å². The molecule has 0 atom stereocenters. The summed E-state index contributed by atoms with van der Waals surface area (Å²) in [6.07, 6.45) is 3.52. The van der Waals surface area contributed by atoms with E-state index in [2.05, 4.69) is 17.2 Å². The van der Waals surface area contributed by atoms with Crippen molar-refractivity contribution in [2.45, 2.75) is 13.5 Å². The summed E-state index contributed by atoms with van der Waals surface area (Å²) in [6, 6.07) is 12.1. The molecule has 0 aliphatic heterocycles. The summed E-state index contributed by atoms with van der Waals surface area (Å²) < 4.78 is 5.68. The number of aromatic nitrogens is 1. The minimum Gasteiger partial charge on any atom is -0.487 e. The number of rotatable bonds is 5. The van der Waals surface area contributed by atoms with E-state index in [-0.39, 0.29) is 0 Å². The van der Waals surface area contributed by atoms with E-state index in [1.165, 1.54) is 0 Å². The van der Waals surface area contributed by atoms with Gasteiger partial charge in [-0.15, -0.1) is 0 Å². The molecule has 88 valence electrons. The Morgan fingerprint density at radius 2 is 2.00 bits per heavy atom. The molecule has 0 aliphatic rings. The van der Waals surface area contributed by atoms with Crippen LogP contribution in [0.1, 0.15) is 12.5 Å². The van der Waals surface area contributed by atoms with Crippen molar-refractivity contribution in [2.75, 3.05) is 11.9 Å². The number of ether oxygens (including phenoxy) is 1. The van der Waals surface area contributed by atoms with Gasteiger partial charge in [-0.1, -0.05) is 30.3 Å². The van der Waals surface area contributed by atoms with E-state index in [0.29, 0.717) is 6.61 Å². The van der Waals surface area contributed by atoms with Crippen LogP contribution in [0.15, 0.2) is 48.8 Å². The van der Waals surface area contributed by atoms with E-state index < -0.39 is 0 Å². The Morgan fingerprint density at radius 1 is 1.18 bits per heavy atom. The molecule has 0 radical (unpaired) electrons. The average Bonchev–Trinajstić information content (AvgIpc) is 2.39. The number of nitrogens with zero attached hydrogens (tertiary/aromatic N) is 1. The van der Waals surface area contributed by atoms with E-state index in [1.807, 2.05) is 36.4 Å². The van der Waals surface area contributed by atoms with Crippen LogP contribution in [0.5, 0.6) is 5.75 Å². The van der Waals surface area contributed by atoms with Gasteiger partial charge >= 0.3 is 0 Å². The predicted molar refractivity (Wildman–Crippen MR) is 69.2 cm³/mol. The Morgan fingerprint density at radius 3 is 2.76 bits per heavy atom. The van der Waals surface area contributed by atoms with Crippen LogP contribution >= 0.6 is 0 Å². The second kappa shape index (κ2) is 5.89. The lowest BCUT2D eigenvalue weighted by atomic mass is 10.2. The third kappa shape index (κ3) is 3.48. The average molecular weight is 228 g/mol. The number of anilines is 1. The van der Waals surface area contributed by atoms with Gasteiger partial charge in [-0.2, -0.15) is 0 Å². The van der Waals surface area contributed by atoms with E-state index >= 15 is 0 Å². The summed E-state index contributed by atoms with van der Waals surface area (Å²) in [6.45, 7) is 3.50. The van der Waals surface area contributed by atoms with Gasteiger partial charge in [0.05, 0.1) is 18.1 Å². The molecule has 2 rings (SSSR count). The van der Waals surface area contributed by atoms with Crippen LogP contribution in [-0.4, -0.2) is 11.5 Å². The standard InChI is InChI=1S/C14H16N2O/c1-2-16-13-8-14(10-15-9-13)17-11-12-6-4-3-5-7-12/h3-10,16H,2,11H2,1H3. The molecule has 3 heteroatoms. The molecule has 0 bridgehead atoms. The summed E-state index contributed by atoms with van der Waals surface area (Å²) >= 11 is 0. The Labute approximate surface area is 101 Å². The molecule has 2 aromatic rings. The lowest BCUT2D eigenvalue weighted by Crippen LogP contribution is -1.99. The van der Waals surface area contributed by atoms with E-state index in [4.69, 9.17) is 4.74 Å². The molecule has 0 fully saturated rings. The third-order valence-corrected chi connectivity index (χ3v) is 2.34. The Bertz CT molecular complexity index is 457. The van der Waals surface area contributed by atoms with Crippen LogP contribution < -0.4 is 10.1 Å². The molecule has 0 saturated heterocycles. The van der Waals surface area contributed by atoms with E-state index in [0.717, 1.165) is 23.5 Å². The molecule has 0 aliphatic carbocycles. The van der Waals surface area contributed by atoms with Gasteiger partial charge in [0.1, 0.15) is 12.4 Å². The van der Waals surface area contributed by atoms with Crippen LogP contribution in [0, 0.1) is 0 Å². The topological polar surface area (TPSA) is 34.2 Å². The SMILES string of the molecule is CCNc1cncc(OCc2ccccc2)c1. The smallest absolute Gasteiger partial charge is 0.140 e. The van der Waals surface area contributed by atoms with Gasteiger partial charge in [-0.05, 0) is 12.5 Å². The number of pyridine rings is 1. The molecular formula is C14H16N2O. The number of hydrogen-bond donors (Lipinski definition) is 1. The van der Waals surface area contributed by atoms with Gasteiger partial charge in [0, 0.05) is 12.6 Å². The number of benzene rings is 1. The fourth-order valence-electron chi connectivity index (χ4n) is 1.54. The van der Waals surface area contributed by atoms with Gasteiger partial charge in [-0.25, -0.2) is 0 Å². The molecular weight excluding hydrogens is 212 g/mol. The largest absolute Gasteiger partial charge is 0.487 e. The van der Waals surface area contributed by atoms with Crippen molar-refractivity contribution in [3.05, 3.63) is 54.4 Å². The van der Waals surface area contributed by atoms with Crippen molar-refractivity contribution < 1.29 is 4.74 Å². The molecule has 3 nitrogen and oxygen atoms in total. The lowest BCUT2D eigenvalue weighted by Gasteiger charge is -2.08. The first-order chi connectivity index (χ1) is 8.38. The maximum absolute atomic E-state index is 5.68. The maximum Gasteiger partial charge on any atom is 0.140 e. The zero-order valence-corrected chi connectivity index (χ0v) is 9.89. The van der Waals surface area contributed by atoms with Crippen molar-refractivity contribution in [2.24, 2.45) is 0 Å². The fourth-order valence-corrected chi connectivity index (χ4v) is 1.54. The van der Waals surface area contributed by atoms with Crippen molar-refractivity contribution in [3.8, 4) is 5.75 Å². The van der Waals surface area contributed by atoms with Gasteiger partial charge in [0.15, 0.2) is 0 Å². The monoisotopic (exact) mass is 228 g/mol. The first kappa shape index (κ1) is 11.5.